The fourth-order valence-electron chi connectivity index (χ4n) is 3.98. The van der Waals surface area contributed by atoms with Gasteiger partial charge in [-0.1, -0.05) is 60.7 Å². The van der Waals surface area contributed by atoms with Crippen LogP contribution in [-0.2, 0) is 10.0 Å². The molecular weight excluding hydrogens is 460 g/mol. The summed E-state index contributed by atoms with van der Waals surface area (Å²) in [5, 5.41) is 6.21. The Morgan fingerprint density at radius 3 is 2.11 bits per heavy atom. The summed E-state index contributed by atoms with van der Waals surface area (Å²) in [4.78, 5) is 17.5. The number of rotatable bonds is 6. The number of hydrogen-bond acceptors (Lipinski definition) is 5. The van der Waals surface area contributed by atoms with E-state index in [1.54, 1.807) is 67.0 Å². The lowest BCUT2D eigenvalue weighted by atomic mass is 9.98. The van der Waals surface area contributed by atoms with Gasteiger partial charge < -0.3 is 0 Å². The first kappa shape index (κ1) is 22.5. The molecule has 4 aromatic rings. The number of sulfonamides is 1. The zero-order valence-electron chi connectivity index (χ0n) is 18.7. The Hall–Kier alpha value is -4.30. The van der Waals surface area contributed by atoms with Crippen LogP contribution in [0, 0.1) is 0 Å². The van der Waals surface area contributed by atoms with Crippen molar-refractivity contribution in [3.05, 3.63) is 126 Å². The average Bonchev–Trinajstić information content (AvgIpc) is 3.35. The molecule has 0 saturated carbocycles. The number of carbonyl (C=O) groups excluding carboxylic acids is 1. The van der Waals surface area contributed by atoms with E-state index < -0.39 is 10.0 Å². The maximum Gasteiger partial charge on any atom is 0.274 e. The second-order valence-electron chi connectivity index (χ2n) is 8.06. The number of carbonyl (C=O) groups is 1. The molecule has 7 nitrogen and oxygen atoms in total. The molecule has 0 fully saturated rings. The molecule has 1 aliphatic heterocycles. The zero-order valence-corrected chi connectivity index (χ0v) is 19.5. The van der Waals surface area contributed by atoms with E-state index in [4.69, 9.17) is 0 Å². The fraction of sp³-hybridized carbons (Fsp3) is 0.0741. The van der Waals surface area contributed by atoms with Crippen LogP contribution < -0.4 is 4.72 Å². The Balaban J connectivity index is 1.41. The van der Waals surface area contributed by atoms with Crippen molar-refractivity contribution in [1.29, 1.82) is 0 Å². The second-order valence-corrected chi connectivity index (χ2v) is 9.74. The van der Waals surface area contributed by atoms with E-state index in [2.05, 4.69) is 14.8 Å². The van der Waals surface area contributed by atoms with Crippen LogP contribution in [0.25, 0.3) is 0 Å². The highest BCUT2D eigenvalue weighted by atomic mass is 32.2. The van der Waals surface area contributed by atoms with Crippen molar-refractivity contribution in [2.24, 2.45) is 5.10 Å². The molecule has 0 bridgehead atoms. The Morgan fingerprint density at radius 2 is 1.46 bits per heavy atom. The first-order valence-electron chi connectivity index (χ1n) is 11.1. The summed E-state index contributed by atoms with van der Waals surface area (Å²) < 4.78 is 27.8. The van der Waals surface area contributed by atoms with E-state index in [1.807, 2.05) is 42.5 Å². The second kappa shape index (κ2) is 9.52. The van der Waals surface area contributed by atoms with Crippen molar-refractivity contribution >= 4 is 27.3 Å². The predicted octanol–water partition coefficient (Wildman–Crippen LogP) is 4.87. The highest BCUT2D eigenvalue weighted by Crippen LogP contribution is 2.34. The van der Waals surface area contributed by atoms with Gasteiger partial charge in [-0.2, -0.15) is 5.10 Å². The van der Waals surface area contributed by atoms with Gasteiger partial charge in [0.2, 0.25) is 0 Å². The molecule has 0 saturated heterocycles. The summed E-state index contributed by atoms with van der Waals surface area (Å²) in [5.41, 5.74) is 3.51. The van der Waals surface area contributed by atoms with Gasteiger partial charge in [0.25, 0.3) is 15.9 Å². The molecule has 1 amide bonds. The van der Waals surface area contributed by atoms with Crippen LogP contribution in [0.1, 0.15) is 33.9 Å². The minimum Gasteiger partial charge on any atom is -0.280 e. The predicted molar refractivity (Wildman–Crippen MR) is 134 cm³/mol. The molecule has 1 N–H and O–H groups in total. The Morgan fingerprint density at radius 1 is 0.829 bits per heavy atom. The highest BCUT2D eigenvalue weighted by molar-refractivity contribution is 7.92. The Labute approximate surface area is 203 Å². The number of nitrogens with one attached hydrogen (secondary N) is 1. The molecule has 5 rings (SSSR count). The number of pyridine rings is 1. The summed E-state index contributed by atoms with van der Waals surface area (Å²) >= 11 is 0. The molecule has 1 atom stereocenters. The SMILES string of the molecule is O=C(c1ccncc1)N1N=C(c2ccc(NS(=O)(=O)c3ccccc3)cc2)CC1c1ccccc1. The highest BCUT2D eigenvalue weighted by Gasteiger charge is 2.33. The Bertz CT molecular complexity index is 1460. The lowest BCUT2D eigenvalue weighted by Crippen LogP contribution is -2.27. The van der Waals surface area contributed by atoms with Crippen LogP contribution in [0.2, 0.25) is 0 Å². The smallest absolute Gasteiger partial charge is 0.274 e. The van der Waals surface area contributed by atoms with Crippen molar-refractivity contribution in [2.75, 3.05) is 4.72 Å². The van der Waals surface area contributed by atoms with Crippen molar-refractivity contribution in [1.82, 2.24) is 9.99 Å². The maximum atomic E-state index is 13.3. The molecule has 174 valence electrons. The number of nitrogens with zero attached hydrogens (tertiary/aromatic N) is 3. The Kier molecular flexibility index (Phi) is 6.12. The van der Waals surface area contributed by atoms with Crippen molar-refractivity contribution < 1.29 is 13.2 Å². The number of hydrogen-bond donors (Lipinski definition) is 1. The van der Waals surface area contributed by atoms with Gasteiger partial charge in [0.1, 0.15) is 0 Å². The van der Waals surface area contributed by atoms with E-state index >= 15 is 0 Å². The normalized spacial score (nSPS) is 15.5. The van der Waals surface area contributed by atoms with Crippen LogP contribution >= 0.6 is 0 Å². The third-order valence-electron chi connectivity index (χ3n) is 5.75. The van der Waals surface area contributed by atoms with Crippen molar-refractivity contribution in [3.8, 4) is 0 Å². The fourth-order valence-corrected chi connectivity index (χ4v) is 5.06. The van der Waals surface area contributed by atoms with Gasteiger partial charge in [-0.05, 0) is 47.5 Å². The van der Waals surface area contributed by atoms with E-state index in [-0.39, 0.29) is 16.8 Å². The number of aromatic nitrogens is 1. The molecule has 1 aliphatic rings. The monoisotopic (exact) mass is 482 g/mol. The van der Waals surface area contributed by atoms with Crippen molar-refractivity contribution in [3.63, 3.8) is 0 Å². The average molecular weight is 483 g/mol. The van der Waals surface area contributed by atoms with Gasteiger partial charge in [0.05, 0.1) is 16.6 Å². The first-order valence-corrected chi connectivity index (χ1v) is 12.5. The minimum absolute atomic E-state index is 0.195. The van der Waals surface area contributed by atoms with Crippen LogP contribution in [0.5, 0.6) is 0 Å². The lowest BCUT2D eigenvalue weighted by Gasteiger charge is -2.22. The summed E-state index contributed by atoms with van der Waals surface area (Å²) in [5.74, 6) is -0.205. The van der Waals surface area contributed by atoms with Crippen LogP contribution in [0.3, 0.4) is 0 Å². The molecular formula is C27H22N4O3S. The van der Waals surface area contributed by atoms with E-state index in [0.29, 0.717) is 17.7 Å². The minimum atomic E-state index is -3.68. The van der Waals surface area contributed by atoms with Crippen LogP contribution in [-0.4, -0.2) is 30.0 Å². The van der Waals surface area contributed by atoms with E-state index in [1.165, 1.54) is 5.01 Å². The van der Waals surface area contributed by atoms with Crippen molar-refractivity contribution in [2.45, 2.75) is 17.4 Å². The molecule has 1 unspecified atom stereocenters. The topological polar surface area (TPSA) is 91.7 Å². The number of anilines is 1. The van der Waals surface area contributed by atoms with Gasteiger partial charge in [0.15, 0.2) is 0 Å². The number of benzene rings is 3. The summed E-state index contributed by atoms with van der Waals surface area (Å²) in [6, 6.07) is 28.1. The summed E-state index contributed by atoms with van der Waals surface area (Å²) in [6.45, 7) is 0. The van der Waals surface area contributed by atoms with Gasteiger partial charge in [-0.25, -0.2) is 13.4 Å². The molecule has 2 heterocycles. The van der Waals surface area contributed by atoms with Gasteiger partial charge >= 0.3 is 0 Å². The molecule has 0 spiro atoms. The van der Waals surface area contributed by atoms with Gasteiger partial charge in [-0.3, -0.25) is 14.5 Å². The zero-order chi connectivity index (χ0) is 24.3. The maximum absolute atomic E-state index is 13.3. The van der Waals surface area contributed by atoms with E-state index in [9.17, 15) is 13.2 Å². The molecule has 8 heteroatoms. The van der Waals surface area contributed by atoms with Crippen LogP contribution in [0.15, 0.2) is 119 Å². The largest absolute Gasteiger partial charge is 0.280 e. The van der Waals surface area contributed by atoms with E-state index in [0.717, 1.165) is 16.8 Å². The standard InChI is InChI=1S/C27H22N4O3S/c32-27(22-15-17-28-18-16-22)31-26(21-7-3-1-4-8-21)19-25(29-31)20-11-13-23(14-12-20)30-35(33,34)24-9-5-2-6-10-24/h1-18,26,30H,19H2. The van der Waals surface area contributed by atoms with Gasteiger partial charge in [-0.15, -0.1) is 0 Å². The third-order valence-corrected chi connectivity index (χ3v) is 7.15. The first-order chi connectivity index (χ1) is 17.0. The molecule has 0 radical (unpaired) electrons. The summed E-state index contributed by atoms with van der Waals surface area (Å²) in [6.07, 6.45) is 3.71. The molecule has 0 aliphatic carbocycles. The van der Waals surface area contributed by atoms with Gasteiger partial charge in [0, 0.05) is 30.1 Å². The molecule has 3 aromatic carbocycles. The number of amides is 1. The quantitative estimate of drug-likeness (QED) is 0.424. The number of hydrazone groups is 1. The summed E-state index contributed by atoms with van der Waals surface area (Å²) in [7, 11) is -3.68. The van der Waals surface area contributed by atoms with Crippen LogP contribution in [0.4, 0.5) is 5.69 Å². The molecule has 1 aromatic heterocycles. The molecule has 35 heavy (non-hydrogen) atoms. The lowest BCUT2D eigenvalue weighted by molar-refractivity contribution is 0.0711. The third kappa shape index (κ3) is 4.83.